The standard InChI is InChI=1S/C27H31NO/c1-6-10-18(4)26(29)28-27-19(5)22-12-7-8-13-23(22)25(27)16-21-15-20(17(2)3)11-9-14-24(21)27/h7-9,11-13,15,17,25H,4-6,10,14,16H2,1-3H3,(H,28,29). The molecule has 2 nitrogen and oxygen atoms in total. The molecule has 0 heterocycles. The van der Waals surface area contributed by atoms with Gasteiger partial charge in [0.1, 0.15) is 0 Å². The average Bonchev–Trinajstić information content (AvgIpc) is 2.99. The van der Waals surface area contributed by atoms with Crippen molar-refractivity contribution in [3.63, 3.8) is 0 Å². The highest BCUT2D eigenvalue weighted by Gasteiger charge is 2.56. The van der Waals surface area contributed by atoms with Crippen LogP contribution in [0.2, 0.25) is 0 Å². The first-order chi connectivity index (χ1) is 13.9. The van der Waals surface area contributed by atoms with E-state index in [1.165, 1.54) is 27.8 Å². The molecular weight excluding hydrogens is 354 g/mol. The Hall–Kier alpha value is -2.61. The summed E-state index contributed by atoms with van der Waals surface area (Å²) in [5.41, 5.74) is 7.64. The minimum atomic E-state index is -0.542. The van der Waals surface area contributed by atoms with Gasteiger partial charge in [-0.05, 0) is 58.6 Å². The number of rotatable bonds is 5. The first-order valence-corrected chi connectivity index (χ1v) is 10.8. The van der Waals surface area contributed by atoms with Gasteiger partial charge < -0.3 is 5.32 Å². The molecule has 150 valence electrons. The monoisotopic (exact) mass is 385 g/mol. The molecule has 0 bridgehead atoms. The molecule has 3 aliphatic rings. The summed E-state index contributed by atoms with van der Waals surface area (Å²) in [6.07, 6.45) is 10.3. The summed E-state index contributed by atoms with van der Waals surface area (Å²) in [5.74, 6) is 0.635. The van der Waals surface area contributed by atoms with Crippen molar-refractivity contribution >= 4 is 11.5 Å². The van der Waals surface area contributed by atoms with E-state index < -0.39 is 5.54 Å². The summed E-state index contributed by atoms with van der Waals surface area (Å²) in [6, 6.07) is 8.51. The van der Waals surface area contributed by atoms with Crippen molar-refractivity contribution in [2.45, 2.75) is 57.9 Å². The highest BCUT2D eigenvalue weighted by atomic mass is 16.1. The summed E-state index contributed by atoms with van der Waals surface area (Å²) < 4.78 is 0. The Morgan fingerprint density at radius 1 is 1.31 bits per heavy atom. The summed E-state index contributed by atoms with van der Waals surface area (Å²) in [7, 11) is 0. The molecule has 1 aromatic carbocycles. The van der Waals surface area contributed by atoms with E-state index in [1.807, 2.05) is 0 Å². The third-order valence-electron chi connectivity index (χ3n) is 6.77. The molecule has 1 amide bonds. The smallest absolute Gasteiger partial charge is 0.247 e. The van der Waals surface area contributed by atoms with Gasteiger partial charge in [0, 0.05) is 11.5 Å². The average molecular weight is 386 g/mol. The van der Waals surface area contributed by atoms with Gasteiger partial charge in [-0.2, -0.15) is 0 Å². The molecule has 2 unspecified atom stereocenters. The predicted octanol–water partition coefficient (Wildman–Crippen LogP) is 6.25. The molecule has 2 atom stereocenters. The highest BCUT2D eigenvalue weighted by Crippen LogP contribution is 2.60. The maximum atomic E-state index is 13.1. The van der Waals surface area contributed by atoms with Crippen LogP contribution < -0.4 is 5.32 Å². The number of hydrogen-bond donors (Lipinski definition) is 1. The van der Waals surface area contributed by atoms with Crippen molar-refractivity contribution in [1.29, 1.82) is 0 Å². The molecule has 0 aromatic heterocycles. The lowest BCUT2D eigenvalue weighted by Gasteiger charge is -2.36. The van der Waals surface area contributed by atoms with Crippen molar-refractivity contribution in [3.05, 3.63) is 89.1 Å². The van der Waals surface area contributed by atoms with Crippen LogP contribution in [0.1, 0.15) is 63.5 Å². The molecule has 29 heavy (non-hydrogen) atoms. The Morgan fingerprint density at radius 2 is 2.07 bits per heavy atom. The Labute approximate surface area is 174 Å². The quantitative estimate of drug-likeness (QED) is 0.596. The third kappa shape index (κ3) is 2.97. The van der Waals surface area contributed by atoms with Crippen molar-refractivity contribution in [3.8, 4) is 0 Å². The van der Waals surface area contributed by atoms with E-state index in [9.17, 15) is 4.79 Å². The van der Waals surface area contributed by atoms with Gasteiger partial charge in [0.05, 0.1) is 5.54 Å². The number of amides is 1. The van der Waals surface area contributed by atoms with Gasteiger partial charge in [0.15, 0.2) is 0 Å². The van der Waals surface area contributed by atoms with E-state index >= 15 is 0 Å². The minimum absolute atomic E-state index is 0.0409. The fraction of sp³-hybridized carbons (Fsp3) is 0.370. The van der Waals surface area contributed by atoms with Crippen LogP contribution in [-0.4, -0.2) is 11.4 Å². The van der Waals surface area contributed by atoms with Crippen LogP contribution in [0.15, 0.2) is 77.9 Å². The van der Waals surface area contributed by atoms with Crippen LogP contribution in [0.3, 0.4) is 0 Å². The van der Waals surface area contributed by atoms with E-state index in [1.54, 1.807) is 0 Å². The van der Waals surface area contributed by atoms with Gasteiger partial charge >= 0.3 is 0 Å². The van der Waals surface area contributed by atoms with Crippen molar-refractivity contribution in [2.24, 2.45) is 5.92 Å². The second-order valence-electron chi connectivity index (χ2n) is 8.85. The Kier molecular flexibility index (Phi) is 4.98. The maximum absolute atomic E-state index is 13.1. The zero-order chi connectivity index (χ0) is 20.8. The van der Waals surface area contributed by atoms with Crippen LogP contribution in [0.25, 0.3) is 5.57 Å². The van der Waals surface area contributed by atoms with Crippen LogP contribution in [0.5, 0.6) is 0 Å². The molecule has 4 rings (SSSR count). The SMILES string of the molecule is C=C(CCC)C(=O)NC12C(=C)c3ccccc3C1CC1=C2CC=CC(C(C)C)=C1. The third-order valence-corrected chi connectivity index (χ3v) is 6.77. The molecule has 1 N–H and O–H groups in total. The molecule has 2 heteroatoms. The molecule has 1 aromatic rings. The summed E-state index contributed by atoms with van der Waals surface area (Å²) in [6.45, 7) is 15.1. The largest absolute Gasteiger partial charge is 0.338 e. The fourth-order valence-corrected chi connectivity index (χ4v) is 5.26. The Balaban J connectivity index is 1.85. The number of hydrogen-bond acceptors (Lipinski definition) is 1. The molecule has 0 fully saturated rings. The van der Waals surface area contributed by atoms with E-state index in [4.69, 9.17) is 0 Å². The van der Waals surface area contributed by atoms with E-state index in [0.29, 0.717) is 11.5 Å². The first kappa shape index (κ1) is 19.7. The highest BCUT2D eigenvalue weighted by molar-refractivity contribution is 5.98. The zero-order valence-corrected chi connectivity index (χ0v) is 17.8. The molecule has 0 saturated carbocycles. The predicted molar refractivity (Wildman–Crippen MR) is 121 cm³/mol. The van der Waals surface area contributed by atoms with E-state index in [0.717, 1.165) is 31.3 Å². The fourth-order valence-electron chi connectivity index (χ4n) is 5.26. The molecule has 0 spiro atoms. The summed E-state index contributed by atoms with van der Waals surface area (Å²) in [4.78, 5) is 13.1. The van der Waals surface area contributed by atoms with E-state index in [2.05, 4.69) is 81.7 Å². The van der Waals surface area contributed by atoms with Crippen molar-refractivity contribution in [2.75, 3.05) is 0 Å². The first-order valence-electron chi connectivity index (χ1n) is 10.8. The minimum Gasteiger partial charge on any atom is -0.338 e. The van der Waals surface area contributed by atoms with Gasteiger partial charge in [-0.1, -0.05) is 82.8 Å². The number of carbonyl (C=O) groups is 1. The van der Waals surface area contributed by atoms with Gasteiger partial charge in [-0.3, -0.25) is 4.79 Å². The lowest BCUT2D eigenvalue weighted by Crippen LogP contribution is -2.50. The Bertz CT molecular complexity index is 988. The van der Waals surface area contributed by atoms with E-state index in [-0.39, 0.29) is 11.8 Å². The Morgan fingerprint density at radius 3 is 2.79 bits per heavy atom. The lowest BCUT2D eigenvalue weighted by atomic mass is 9.78. The topological polar surface area (TPSA) is 29.1 Å². The second kappa shape index (κ2) is 7.33. The van der Waals surface area contributed by atoms with Gasteiger partial charge in [0.25, 0.3) is 0 Å². The number of benzene rings is 1. The molecule has 0 aliphatic heterocycles. The molecule has 3 aliphatic carbocycles. The molecule has 0 saturated heterocycles. The number of nitrogens with one attached hydrogen (secondary N) is 1. The van der Waals surface area contributed by atoms with Crippen LogP contribution in [0.4, 0.5) is 0 Å². The number of carbonyl (C=O) groups excluding carboxylic acids is 1. The van der Waals surface area contributed by atoms with Gasteiger partial charge in [-0.25, -0.2) is 0 Å². The lowest BCUT2D eigenvalue weighted by molar-refractivity contribution is -0.118. The summed E-state index contributed by atoms with van der Waals surface area (Å²) in [5, 5.41) is 3.45. The van der Waals surface area contributed by atoms with Crippen LogP contribution in [0, 0.1) is 5.92 Å². The van der Waals surface area contributed by atoms with Crippen molar-refractivity contribution in [1.82, 2.24) is 5.32 Å². The van der Waals surface area contributed by atoms with Gasteiger partial charge in [0.2, 0.25) is 5.91 Å². The number of allylic oxidation sites excluding steroid dienone is 5. The zero-order valence-electron chi connectivity index (χ0n) is 17.8. The molecular formula is C27H31NO. The van der Waals surface area contributed by atoms with Crippen molar-refractivity contribution < 1.29 is 4.79 Å². The normalized spacial score (nSPS) is 24.8. The van der Waals surface area contributed by atoms with Gasteiger partial charge in [-0.15, -0.1) is 0 Å². The van der Waals surface area contributed by atoms with Crippen LogP contribution >= 0.6 is 0 Å². The summed E-state index contributed by atoms with van der Waals surface area (Å²) >= 11 is 0. The maximum Gasteiger partial charge on any atom is 0.247 e. The molecule has 0 radical (unpaired) electrons. The second-order valence-corrected chi connectivity index (χ2v) is 8.85. The van der Waals surface area contributed by atoms with Crippen LogP contribution in [-0.2, 0) is 4.79 Å². The number of fused-ring (bicyclic) bond motifs is 4.